The monoisotopic (exact) mass is 220 g/mol. The number of benzene rings is 2. The van der Waals surface area contributed by atoms with Gasteiger partial charge in [-0.05, 0) is 23.6 Å². The summed E-state index contributed by atoms with van der Waals surface area (Å²) in [6, 6.07) is 20.8. The highest BCUT2D eigenvalue weighted by molar-refractivity contribution is 5.78. The average Bonchev–Trinajstić information content (AvgIpc) is 2.42. The van der Waals surface area contributed by atoms with Crippen LogP contribution in [0.1, 0.15) is 18.1 Å². The molecule has 0 radical (unpaired) electrons. The first kappa shape index (κ1) is 11.4. The van der Waals surface area contributed by atoms with Crippen LogP contribution in [-0.2, 0) is 0 Å². The van der Waals surface area contributed by atoms with E-state index in [1.807, 2.05) is 12.1 Å². The van der Waals surface area contributed by atoms with Crippen molar-refractivity contribution >= 4 is 11.6 Å². The molecule has 0 bridgehead atoms. The molecule has 0 aliphatic carbocycles. The minimum Gasteiger partial charge on any atom is -0.0798 e. The SMILES string of the molecule is C/C=C(\C=C\c1ccccc1)c1ccccc1. The Hall–Kier alpha value is -2.08. The van der Waals surface area contributed by atoms with Gasteiger partial charge in [-0.2, -0.15) is 0 Å². The van der Waals surface area contributed by atoms with Gasteiger partial charge < -0.3 is 0 Å². The fourth-order valence-electron chi connectivity index (χ4n) is 1.74. The summed E-state index contributed by atoms with van der Waals surface area (Å²) in [5, 5.41) is 0. The second kappa shape index (κ2) is 5.86. The van der Waals surface area contributed by atoms with E-state index in [9.17, 15) is 0 Å². The third-order valence-electron chi connectivity index (χ3n) is 2.67. The molecular weight excluding hydrogens is 204 g/mol. The molecule has 0 aliphatic heterocycles. The molecule has 84 valence electrons. The molecule has 0 saturated carbocycles. The number of hydrogen-bond donors (Lipinski definition) is 0. The van der Waals surface area contributed by atoms with Gasteiger partial charge in [0.2, 0.25) is 0 Å². The molecule has 0 saturated heterocycles. The lowest BCUT2D eigenvalue weighted by molar-refractivity contribution is 1.59. The van der Waals surface area contributed by atoms with Crippen molar-refractivity contribution in [2.45, 2.75) is 6.92 Å². The van der Waals surface area contributed by atoms with Crippen LogP contribution >= 0.6 is 0 Å². The third-order valence-corrected chi connectivity index (χ3v) is 2.67. The average molecular weight is 220 g/mol. The fraction of sp³-hybridized carbons (Fsp3) is 0.0588. The zero-order valence-electron chi connectivity index (χ0n) is 10.0. The normalized spacial score (nSPS) is 11.9. The maximum absolute atomic E-state index is 2.16. The molecule has 0 N–H and O–H groups in total. The highest BCUT2D eigenvalue weighted by Gasteiger charge is 1.94. The van der Waals surface area contributed by atoms with Crippen molar-refractivity contribution < 1.29 is 0 Å². The second-order valence-electron chi connectivity index (χ2n) is 3.85. The lowest BCUT2D eigenvalue weighted by Crippen LogP contribution is -1.79. The molecule has 0 nitrogen and oxygen atoms in total. The van der Waals surface area contributed by atoms with Crippen molar-refractivity contribution in [1.82, 2.24) is 0 Å². The van der Waals surface area contributed by atoms with Crippen molar-refractivity contribution in [3.8, 4) is 0 Å². The maximum Gasteiger partial charge on any atom is -0.0187 e. The molecule has 2 rings (SSSR count). The number of rotatable bonds is 3. The molecule has 0 heterocycles. The fourth-order valence-corrected chi connectivity index (χ4v) is 1.74. The summed E-state index contributed by atoms with van der Waals surface area (Å²) >= 11 is 0. The van der Waals surface area contributed by atoms with Crippen LogP contribution in [0.25, 0.3) is 11.6 Å². The summed E-state index contributed by atoms with van der Waals surface area (Å²) in [5.74, 6) is 0. The van der Waals surface area contributed by atoms with Gasteiger partial charge in [-0.3, -0.25) is 0 Å². The van der Waals surface area contributed by atoms with E-state index in [1.54, 1.807) is 0 Å². The van der Waals surface area contributed by atoms with E-state index in [0.717, 1.165) is 0 Å². The molecule has 2 aromatic carbocycles. The van der Waals surface area contributed by atoms with Gasteiger partial charge in [0.15, 0.2) is 0 Å². The third kappa shape index (κ3) is 3.18. The van der Waals surface area contributed by atoms with Gasteiger partial charge in [0, 0.05) is 0 Å². The molecule has 0 fully saturated rings. The first-order valence-corrected chi connectivity index (χ1v) is 5.85. The van der Waals surface area contributed by atoms with Crippen LogP contribution < -0.4 is 0 Å². The van der Waals surface area contributed by atoms with E-state index in [1.165, 1.54) is 16.7 Å². The van der Waals surface area contributed by atoms with E-state index in [2.05, 4.69) is 73.7 Å². The number of hydrogen-bond acceptors (Lipinski definition) is 0. The van der Waals surface area contributed by atoms with Crippen LogP contribution in [0.3, 0.4) is 0 Å². The van der Waals surface area contributed by atoms with Crippen molar-refractivity contribution in [3.63, 3.8) is 0 Å². The second-order valence-corrected chi connectivity index (χ2v) is 3.85. The van der Waals surface area contributed by atoms with Crippen molar-refractivity contribution in [2.75, 3.05) is 0 Å². The van der Waals surface area contributed by atoms with E-state index in [-0.39, 0.29) is 0 Å². The molecule has 0 heteroatoms. The van der Waals surface area contributed by atoms with Gasteiger partial charge in [0.25, 0.3) is 0 Å². The van der Waals surface area contributed by atoms with Crippen LogP contribution in [-0.4, -0.2) is 0 Å². The first-order valence-electron chi connectivity index (χ1n) is 5.85. The smallest absolute Gasteiger partial charge is 0.0187 e. The molecule has 0 amide bonds. The Kier molecular flexibility index (Phi) is 3.93. The molecule has 17 heavy (non-hydrogen) atoms. The van der Waals surface area contributed by atoms with Gasteiger partial charge in [0.1, 0.15) is 0 Å². The summed E-state index contributed by atoms with van der Waals surface area (Å²) in [6.45, 7) is 2.07. The molecule has 0 aromatic heterocycles. The van der Waals surface area contributed by atoms with Crippen LogP contribution in [0, 0.1) is 0 Å². The minimum absolute atomic E-state index is 1.22. The molecule has 0 aliphatic rings. The molecule has 0 unspecified atom stereocenters. The zero-order chi connectivity index (χ0) is 11.9. The van der Waals surface area contributed by atoms with Gasteiger partial charge >= 0.3 is 0 Å². The van der Waals surface area contributed by atoms with E-state index in [0.29, 0.717) is 0 Å². The largest absolute Gasteiger partial charge is 0.0798 e. The van der Waals surface area contributed by atoms with Gasteiger partial charge in [-0.15, -0.1) is 0 Å². The quantitative estimate of drug-likeness (QED) is 0.651. The Morgan fingerprint density at radius 3 is 2.00 bits per heavy atom. The van der Waals surface area contributed by atoms with Gasteiger partial charge in [-0.25, -0.2) is 0 Å². The van der Waals surface area contributed by atoms with Crippen molar-refractivity contribution in [1.29, 1.82) is 0 Å². The summed E-state index contributed by atoms with van der Waals surface area (Å²) in [6.07, 6.45) is 6.43. The first-order chi connectivity index (χ1) is 8.40. The predicted octanol–water partition coefficient (Wildman–Crippen LogP) is 4.80. The van der Waals surface area contributed by atoms with Crippen molar-refractivity contribution in [3.05, 3.63) is 83.9 Å². The summed E-state index contributed by atoms with van der Waals surface area (Å²) < 4.78 is 0. The van der Waals surface area contributed by atoms with E-state index in [4.69, 9.17) is 0 Å². The Morgan fingerprint density at radius 2 is 1.41 bits per heavy atom. The lowest BCUT2D eigenvalue weighted by Gasteiger charge is -2.01. The highest BCUT2D eigenvalue weighted by Crippen LogP contribution is 2.16. The van der Waals surface area contributed by atoms with Crippen LogP contribution in [0.5, 0.6) is 0 Å². The molecule has 0 atom stereocenters. The molecule has 2 aromatic rings. The molecular formula is C17H16. The topological polar surface area (TPSA) is 0 Å². The number of allylic oxidation sites excluding steroid dienone is 3. The van der Waals surface area contributed by atoms with Crippen molar-refractivity contribution in [2.24, 2.45) is 0 Å². The van der Waals surface area contributed by atoms with Crippen LogP contribution in [0.4, 0.5) is 0 Å². The Balaban J connectivity index is 2.20. The molecule has 0 spiro atoms. The van der Waals surface area contributed by atoms with Gasteiger partial charge in [0.05, 0.1) is 0 Å². The summed E-state index contributed by atoms with van der Waals surface area (Å²) in [4.78, 5) is 0. The highest BCUT2D eigenvalue weighted by atomic mass is 14.0. The van der Waals surface area contributed by atoms with Crippen LogP contribution in [0.15, 0.2) is 72.8 Å². The standard InChI is InChI=1S/C17H16/c1-2-16(17-11-7-4-8-12-17)14-13-15-9-5-3-6-10-15/h2-14H,1H3/b14-13+,16-2+. The Labute approximate surface area is 103 Å². The summed E-state index contributed by atoms with van der Waals surface area (Å²) in [7, 11) is 0. The van der Waals surface area contributed by atoms with E-state index < -0.39 is 0 Å². The Morgan fingerprint density at radius 1 is 0.824 bits per heavy atom. The zero-order valence-corrected chi connectivity index (χ0v) is 10.0. The van der Waals surface area contributed by atoms with Crippen LogP contribution in [0.2, 0.25) is 0 Å². The van der Waals surface area contributed by atoms with E-state index >= 15 is 0 Å². The lowest BCUT2D eigenvalue weighted by atomic mass is 10.0. The Bertz CT molecular complexity index is 504. The van der Waals surface area contributed by atoms with Gasteiger partial charge in [-0.1, -0.05) is 78.9 Å². The maximum atomic E-state index is 2.16. The summed E-state index contributed by atoms with van der Waals surface area (Å²) in [5.41, 5.74) is 3.72. The predicted molar refractivity (Wildman–Crippen MR) is 75.6 cm³/mol. The minimum atomic E-state index is 1.22.